The lowest BCUT2D eigenvalue weighted by molar-refractivity contribution is -0.122. The molecular weight excluding hydrogens is 264 g/mol. The van der Waals surface area contributed by atoms with Gasteiger partial charge in [0.2, 0.25) is 5.91 Å². The molecule has 0 saturated carbocycles. The van der Waals surface area contributed by atoms with Gasteiger partial charge in [-0.2, -0.15) is 0 Å². The standard InChI is InChI=1S/C14H19ClN2O2/c1-14(7-3-4-8-16-14)13(18)17-10-5-6-11(15)12(9-10)19-2/h5-6,9,16H,3-4,7-8H2,1-2H3,(H,17,18). The monoisotopic (exact) mass is 282 g/mol. The van der Waals surface area contributed by atoms with Crippen LogP contribution < -0.4 is 15.4 Å². The van der Waals surface area contributed by atoms with Crippen molar-refractivity contribution in [1.29, 1.82) is 0 Å². The second kappa shape index (κ2) is 5.80. The van der Waals surface area contributed by atoms with E-state index in [9.17, 15) is 4.79 Å². The Balaban J connectivity index is 2.10. The van der Waals surface area contributed by atoms with Gasteiger partial charge in [-0.1, -0.05) is 11.6 Å². The number of halogens is 1. The molecule has 1 unspecified atom stereocenters. The molecule has 5 heteroatoms. The highest BCUT2D eigenvalue weighted by molar-refractivity contribution is 6.32. The predicted molar refractivity (Wildman–Crippen MR) is 76.9 cm³/mol. The van der Waals surface area contributed by atoms with Crippen molar-refractivity contribution in [2.75, 3.05) is 19.0 Å². The highest BCUT2D eigenvalue weighted by Gasteiger charge is 2.34. The third-order valence-corrected chi connectivity index (χ3v) is 3.84. The minimum absolute atomic E-state index is 0.0171. The molecule has 0 bridgehead atoms. The number of benzene rings is 1. The first-order valence-electron chi connectivity index (χ1n) is 6.45. The van der Waals surface area contributed by atoms with Crippen LogP contribution in [0.15, 0.2) is 18.2 Å². The smallest absolute Gasteiger partial charge is 0.244 e. The molecule has 1 amide bonds. The molecule has 1 aliphatic rings. The van der Waals surface area contributed by atoms with Crippen LogP contribution in [-0.4, -0.2) is 25.1 Å². The summed E-state index contributed by atoms with van der Waals surface area (Å²) >= 11 is 5.96. The number of piperidine rings is 1. The number of rotatable bonds is 3. The van der Waals surface area contributed by atoms with Crippen molar-refractivity contribution in [1.82, 2.24) is 5.32 Å². The number of carbonyl (C=O) groups excluding carboxylic acids is 1. The molecule has 0 aliphatic carbocycles. The van der Waals surface area contributed by atoms with Gasteiger partial charge < -0.3 is 15.4 Å². The number of methoxy groups -OCH3 is 1. The molecule has 1 fully saturated rings. The van der Waals surface area contributed by atoms with E-state index in [1.807, 2.05) is 6.92 Å². The Bertz CT molecular complexity index is 471. The third kappa shape index (κ3) is 3.19. The maximum atomic E-state index is 12.3. The van der Waals surface area contributed by atoms with Crippen LogP contribution in [0.1, 0.15) is 26.2 Å². The normalized spacial score (nSPS) is 22.9. The molecule has 1 saturated heterocycles. The van der Waals surface area contributed by atoms with Crippen molar-refractivity contribution < 1.29 is 9.53 Å². The minimum Gasteiger partial charge on any atom is -0.495 e. The van der Waals surface area contributed by atoms with Gasteiger partial charge in [0.1, 0.15) is 5.75 Å². The number of hydrogen-bond donors (Lipinski definition) is 2. The lowest BCUT2D eigenvalue weighted by Gasteiger charge is -2.33. The number of amides is 1. The van der Waals surface area contributed by atoms with Crippen molar-refractivity contribution in [3.8, 4) is 5.75 Å². The van der Waals surface area contributed by atoms with Crippen molar-refractivity contribution >= 4 is 23.2 Å². The summed E-state index contributed by atoms with van der Waals surface area (Å²) in [7, 11) is 1.55. The topological polar surface area (TPSA) is 50.4 Å². The summed E-state index contributed by atoms with van der Waals surface area (Å²) in [5, 5.41) is 6.73. The number of hydrogen-bond acceptors (Lipinski definition) is 3. The highest BCUT2D eigenvalue weighted by Crippen LogP contribution is 2.28. The van der Waals surface area contributed by atoms with E-state index in [0.717, 1.165) is 25.8 Å². The Kier molecular flexibility index (Phi) is 4.32. The minimum atomic E-state index is -0.495. The summed E-state index contributed by atoms with van der Waals surface area (Å²) in [5.41, 5.74) is 0.199. The van der Waals surface area contributed by atoms with E-state index in [4.69, 9.17) is 16.3 Å². The summed E-state index contributed by atoms with van der Waals surface area (Å²) in [5.74, 6) is 0.540. The molecule has 0 aromatic heterocycles. The van der Waals surface area contributed by atoms with Gasteiger partial charge in [0, 0.05) is 11.8 Å². The van der Waals surface area contributed by atoms with E-state index in [-0.39, 0.29) is 5.91 Å². The van der Waals surface area contributed by atoms with E-state index < -0.39 is 5.54 Å². The van der Waals surface area contributed by atoms with Crippen LogP contribution in [0.4, 0.5) is 5.69 Å². The van der Waals surface area contributed by atoms with Crippen molar-refractivity contribution in [2.45, 2.75) is 31.7 Å². The summed E-state index contributed by atoms with van der Waals surface area (Å²) in [4.78, 5) is 12.3. The van der Waals surface area contributed by atoms with Gasteiger partial charge in [0.25, 0.3) is 0 Å². The van der Waals surface area contributed by atoms with Gasteiger partial charge in [-0.05, 0) is 44.9 Å². The zero-order valence-electron chi connectivity index (χ0n) is 11.3. The van der Waals surface area contributed by atoms with Crippen molar-refractivity contribution in [3.63, 3.8) is 0 Å². The van der Waals surface area contributed by atoms with E-state index >= 15 is 0 Å². The van der Waals surface area contributed by atoms with E-state index in [2.05, 4.69) is 10.6 Å². The molecule has 0 radical (unpaired) electrons. The van der Waals surface area contributed by atoms with E-state index in [0.29, 0.717) is 16.5 Å². The van der Waals surface area contributed by atoms with Gasteiger partial charge >= 0.3 is 0 Å². The third-order valence-electron chi connectivity index (χ3n) is 3.53. The SMILES string of the molecule is COc1cc(NC(=O)C2(C)CCCCN2)ccc1Cl. The second-order valence-electron chi connectivity index (χ2n) is 5.02. The quantitative estimate of drug-likeness (QED) is 0.896. The molecule has 2 N–H and O–H groups in total. The number of ether oxygens (including phenoxy) is 1. The molecule has 4 nitrogen and oxygen atoms in total. The van der Waals surface area contributed by atoms with Crippen LogP contribution in [0.3, 0.4) is 0 Å². The molecular formula is C14H19ClN2O2. The van der Waals surface area contributed by atoms with Crippen LogP contribution in [0.25, 0.3) is 0 Å². The average Bonchev–Trinajstić information content (AvgIpc) is 2.41. The average molecular weight is 283 g/mol. The van der Waals surface area contributed by atoms with Crippen LogP contribution in [-0.2, 0) is 4.79 Å². The molecule has 1 heterocycles. The number of nitrogens with one attached hydrogen (secondary N) is 2. The maximum Gasteiger partial charge on any atom is 0.244 e. The molecule has 104 valence electrons. The van der Waals surface area contributed by atoms with Crippen molar-refractivity contribution in [2.24, 2.45) is 0 Å². The highest BCUT2D eigenvalue weighted by atomic mass is 35.5. The maximum absolute atomic E-state index is 12.3. The Morgan fingerprint density at radius 2 is 2.26 bits per heavy atom. The second-order valence-corrected chi connectivity index (χ2v) is 5.43. The molecule has 1 aromatic carbocycles. The summed E-state index contributed by atoms with van der Waals surface area (Å²) in [6.07, 6.45) is 3.04. The first-order chi connectivity index (χ1) is 9.05. The zero-order chi connectivity index (χ0) is 13.9. The summed E-state index contributed by atoms with van der Waals surface area (Å²) in [6.45, 7) is 2.82. The fraction of sp³-hybridized carbons (Fsp3) is 0.500. The van der Waals surface area contributed by atoms with Gasteiger partial charge in [-0.15, -0.1) is 0 Å². The Hall–Kier alpha value is -1.26. The molecule has 1 atom stereocenters. The molecule has 1 aromatic rings. The van der Waals surface area contributed by atoms with Gasteiger partial charge in [-0.3, -0.25) is 4.79 Å². The fourth-order valence-corrected chi connectivity index (χ4v) is 2.45. The molecule has 2 rings (SSSR count). The van der Waals surface area contributed by atoms with E-state index in [1.54, 1.807) is 25.3 Å². The van der Waals surface area contributed by atoms with E-state index in [1.165, 1.54) is 0 Å². The summed E-state index contributed by atoms with van der Waals surface area (Å²) < 4.78 is 5.14. The zero-order valence-corrected chi connectivity index (χ0v) is 12.0. The largest absolute Gasteiger partial charge is 0.495 e. The van der Waals surface area contributed by atoms with Crippen LogP contribution >= 0.6 is 11.6 Å². The van der Waals surface area contributed by atoms with Gasteiger partial charge in [0.15, 0.2) is 0 Å². The van der Waals surface area contributed by atoms with Gasteiger partial charge in [0.05, 0.1) is 17.7 Å². The first-order valence-corrected chi connectivity index (χ1v) is 6.83. The predicted octanol–water partition coefficient (Wildman–Crippen LogP) is 2.82. The van der Waals surface area contributed by atoms with Crippen molar-refractivity contribution in [3.05, 3.63) is 23.2 Å². The fourth-order valence-electron chi connectivity index (χ4n) is 2.26. The van der Waals surface area contributed by atoms with Gasteiger partial charge in [-0.25, -0.2) is 0 Å². The molecule has 19 heavy (non-hydrogen) atoms. The number of carbonyl (C=O) groups is 1. The Labute approximate surface area is 118 Å². The van der Waals surface area contributed by atoms with Crippen LogP contribution in [0.2, 0.25) is 5.02 Å². The number of anilines is 1. The summed E-state index contributed by atoms with van der Waals surface area (Å²) in [6, 6.07) is 5.22. The lowest BCUT2D eigenvalue weighted by atomic mass is 9.90. The molecule has 1 aliphatic heterocycles. The lowest BCUT2D eigenvalue weighted by Crippen LogP contribution is -2.54. The Morgan fingerprint density at radius 3 is 2.89 bits per heavy atom. The Morgan fingerprint density at radius 1 is 1.47 bits per heavy atom. The first kappa shape index (κ1) is 14.2. The van der Waals surface area contributed by atoms with Crippen LogP contribution in [0.5, 0.6) is 5.75 Å². The van der Waals surface area contributed by atoms with Crippen LogP contribution in [0, 0.1) is 0 Å². The molecule has 0 spiro atoms.